The van der Waals surface area contributed by atoms with Crippen molar-refractivity contribution in [3.63, 3.8) is 0 Å². The van der Waals surface area contributed by atoms with Crippen LogP contribution in [-0.2, 0) is 11.4 Å². The summed E-state index contributed by atoms with van der Waals surface area (Å²) in [5, 5.41) is 11.7. The number of carbonyl (C=O) groups excluding carboxylic acids is 1. The number of benzene rings is 3. The van der Waals surface area contributed by atoms with Gasteiger partial charge in [-0.15, -0.1) is 0 Å². The van der Waals surface area contributed by atoms with Crippen molar-refractivity contribution in [2.24, 2.45) is 4.99 Å². The number of thioether (sulfide) groups is 1. The van der Waals surface area contributed by atoms with Gasteiger partial charge in [0.15, 0.2) is 16.7 Å². The predicted octanol–water partition coefficient (Wildman–Crippen LogP) is 6.47. The van der Waals surface area contributed by atoms with E-state index in [0.717, 1.165) is 11.3 Å². The van der Waals surface area contributed by atoms with Gasteiger partial charge in [-0.1, -0.05) is 11.6 Å². The van der Waals surface area contributed by atoms with E-state index in [2.05, 4.69) is 4.99 Å². The third-order valence-corrected chi connectivity index (χ3v) is 6.87. The molecule has 0 saturated carbocycles. The summed E-state index contributed by atoms with van der Waals surface area (Å²) in [4.78, 5) is 30.2. The van der Waals surface area contributed by atoms with Gasteiger partial charge in [-0.3, -0.25) is 19.8 Å². The first-order chi connectivity index (χ1) is 18.3. The molecule has 1 amide bonds. The van der Waals surface area contributed by atoms with Gasteiger partial charge in [0.05, 0.1) is 34.8 Å². The fourth-order valence-corrected chi connectivity index (χ4v) is 4.96. The summed E-state index contributed by atoms with van der Waals surface area (Å²) in [6.45, 7) is 2.50. The standard InChI is InChI=1S/C27H24ClN3O6S/c1-4-30-26(32)24(38-27(30)29-19-7-11-21(35-2)12-8-19)15-18-13-22(28)25(23(14-18)36-3)37-16-17-5-9-20(10-6-17)31(33)34/h5-15H,4,16H2,1-3H3/b24-15+,29-27?. The fourth-order valence-electron chi connectivity index (χ4n) is 3.62. The number of nitro benzene ring substituents is 1. The van der Waals surface area contributed by atoms with Crippen LogP contribution in [0.1, 0.15) is 18.1 Å². The number of nitrogens with zero attached hydrogens (tertiary/aromatic N) is 3. The van der Waals surface area contributed by atoms with E-state index in [1.807, 2.05) is 31.2 Å². The third kappa shape index (κ3) is 6.09. The number of aliphatic imine (C=N–C) groups is 1. The van der Waals surface area contributed by atoms with Crippen LogP contribution in [-0.4, -0.2) is 41.7 Å². The van der Waals surface area contributed by atoms with Gasteiger partial charge in [0, 0.05) is 18.7 Å². The van der Waals surface area contributed by atoms with Gasteiger partial charge in [0.2, 0.25) is 0 Å². The van der Waals surface area contributed by atoms with Crippen molar-refractivity contribution in [1.82, 2.24) is 4.90 Å². The molecule has 11 heteroatoms. The molecule has 1 fully saturated rings. The van der Waals surface area contributed by atoms with Crippen molar-refractivity contribution >= 4 is 51.9 Å². The van der Waals surface area contributed by atoms with Crippen LogP contribution in [0.25, 0.3) is 6.08 Å². The highest BCUT2D eigenvalue weighted by Crippen LogP contribution is 2.40. The van der Waals surface area contributed by atoms with E-state index in [0.29, 0.717) is 44.4 Å². The van der Waals surface area contributed by atoms with Crippen LogP contribution in [0, 0.1) is 10.1 Å². The van der Waals surface area contributed by atoms with E-state index in [4.69, 9.17) is 25.8 Å². The van der Waals surface area contributed by atoms with Gasteiger partial charge in [-0.05, 0) is 84.4 Å². The summed E-state index contributed by atoms with van der Waals surface area (Å²) in [6.07, 6.45) is 1.74. The number of amides is 1. The monoisotopic (exact) mass is 553 g/mol. The van der Waals surface area contributed by atoms with Crippen LogP contribution in [0.4, 0.5) is 11.4 Å². The van der Waals surface area contributed by atoms with Crippen molar-refractivity contribution in [2.45, 2.75) is 13.5 Å². The Kier molecular flexibility index (Phi) is 8.55. The maximum Gasteiger partial charge on any atom is 0.269 e. The Morgan fingerprint density at radius 1 is 1.08 bits per heavy atom. The fraction of sp³-hybridized carbons (Fsp3) is 0.185. The number of hydrogen-bond donors (Lipinski definition) is 0. The molecule has 38 heavy (non-hydrogen) atoms. The summed E-state index contributed by atoms with van der Waals surface area (Å²) in [7, 11) is 3.09. The molecule has 196 valence electrons. The number of carbonyl (C=O) groups is 1. The van der Waals surface area contributed by atoms with E-state index >= 15 is 0 Å². The minimum Gasteiger partial charge on any atom is -0.497 e. The second-order valence-electron chi connectivity index (χ2n) is 8.00. The smallest absolute Gasteiger partial charge is 0.269 e. The van der Waals surface area contributed by atoms with Crippen LogP contribution in [0.2, 0.25) is 5.02 Å². The Labute approximate surface area is 228 Å². The Morgan fingerprint density at radius 2 is 1.79 bits per heavy atom. The maximum absolute atomic E-state index is 13.1. The van der Waals surface area contributed by atoms with E-state index in [-0.39, 0.29) is 18.2 Å². The zero-order chi connectivity index (χ0) is 27.2. The van der Waals surface area contributed by atoms with Crippen LogP contribution in [0.15, 0.2) is 70.6 Å². The highest BCUT2D eigenvalue weighted by Gasteiger charge is 2.32. The Bertz CT molecular complexity index is 1410. The molecule has 0 spiro atoms. The molecular formula is C27H24ClN3O6S. The molecule has 9 nitrogen and oxygen atoms in total. The summed E-state index contributed by atoms with van der Waals surface area (Å²) >= 11 is 7.80. The minimum absolute atomic E-state index is 0.0000712. The molecular weight excluding hydrogens is 530 g/mol. The van der Waals surface area contributed by atoms with Gasteiger partial charge >= 0.3 is 0 Å². The van der Waals surface area contributed by atoms with Crippen molar-refractivity contribution < 1.29 is 23.9 Å². The van der Waals surface area contributed by atoms with Crippen LogP contribution < -0.4 is 14.2 Å². The van der Waals surface area contributed by atoms with Crippen LogP contribution >= 0.6 is 23.4 Å². The lowest BCUT2D eigenvalue weighted by Crippen LogP contribution is -2.28. The van der Waals surface area contributed by atoms with Crippen LogP contribution in [0.3, 0.4) is 0 Å². The van der Waals surface area contributed by atoms with Gasteiger partial charge in [0.25, 0.3) is 11.6 Å². The Morgan fingerprint density at radius 3 is 2.39 bits per heavy atom. The average molecular weight is 554 g/mol. The highest BCUT2D eigenvalue weighted by atomic mass is 35.5. The molecule has 0 atom stereocenters. The van der Waals surface area contributed by atoms with Gasteiger partial charge in [-0.25, -0.2) is 4.99 Å². The number of likely N-dealkylation sites (N-methyl/N-ethyl adjacent to an activating group) is 1. The average Bonchev–Trinajstić information content (AvgIpc) is 3.21. The maximum atomic E-state index is 13.1. The molecule has 0 bridgehead atoms. The van der Waals surface area contributed by atoms with E-state index < -0.39 is 4.92 Å². The molecule has 0 radical (unpaired) electrons. The number of nitro groups is 1. The zero-order valence-electron chi connectivity index (χ0n) is 20.8. The van der Waals surface area contributed by atoms with Crippen LogP contribution in [0.5, 0.6) is 17.2 Å². The number of hydrogen-bond acceptors (Lipinski definition) is 8. The number of amidine groups is 1. The quantitative estimate of drug-likeness (QED) is 0.170. The molecule has 4 rings (SSSR count). The first-order valence-corrected chi connectivity index (χ1v) is 12.7. The van der Waals surface area contributed by atoms with Gasteiger partial charge in [0.1, 0.15) is 12.4 Å². The third-order valence-electron chi connectivity index (χ3n) is 5.58. The summed E-state index contributed by atoms with van der Waals surface area (Å²) in [6, 6.07) is 16.7. The SMILES string of the molecule is CCN1C(=O)/C(=C\c2cc(Cl)c(OCc3ccc([N+](=O)[O-])cc3)c(OC)c2)SC1=Nc1ccc(OC)cc1. The molecule has 1 saturated heterocycles. The molecule has 3 aromatic carbocycles. The number of rotatable bonds is 9. The second-order valence-corrected chi connectivity index (χ2v) is 9.42. The normalized spacial score (nSPS) is 15.3. The highest BCUT2D eigenvalue weighted by molar-refractivity contribution is 8.18. The number of methoxy groups -OCH3 is 2. The molecule has 0 aromatic heterocycles. The molecule has 1 heterocycles. The zero-order valence-corrected chi connectivity index (χ0v) is 22.4. The lowest BCUT2D eigenvalue weighted by molar-refractivity contribution is -0.384. The Balaban J connectivity index is 1.55. The number of halogens is 1. The van der Waals surface area contributed by atoms with Crippen molar-refractivity contribution in [1.29, 1.82) is 0 Å². The summed E-state index contributed by atoms with van der Waals surface area (Å²) in [5.41, 5.74) is 2.10. The van der Waals surface area contributed by atoms with E-state index in [9.17, 15) is 14.9 Å². The van der Waals surface area contributed by atoms with Gasteiger partial charge < -0.3 is 14.2 Å². The van der Waals surface area contributed by atoms with Crippen molar-refractivity contribution in [3.8, 4) is 17.2 Å². The van der Waals surface area contributed by atoms with E-state index in [1.165, 1.54) is 31.0 Å². The molecule has 1 aliphatic rings. The second kappa shape index (κ2) is 12.0. The largest absolute Gasteiger partial charge is 0.497 e. The first-order valence-electron chi connectivity index (χ1n) is 11.5. The number of non-ortho nitro benzene ring substituents is 1. The summed E-state index contributed by atoms with van der Waals surface area (Å²) < 4.78 is 16.6. The predicted molar refractivity (Wildman–Crippen MR) is 148 cm³/mol. The first kappa shape index (κ1) is 27.0. The topological polar surface area (TPSA) is 104 Å². The molecule has 1 aliphatic heterocycles. The van der Waals surface area contributed by atoms with Crippen molar-refractivity contribution in [2.75, 3.05) is 20.8 Å². The molecule has 3 aromatic rings. The molecule has 0 unspecified atom stereocenters. The molecule has 0 aliphatic carbocycles. The molecule has 0 N–H and O–H groups in total. The lowest BCUT2D eigenvalue weighted by Gasteiger charge is -2.14. The lowest BCUT2D eigenvalue weighted by atomic mass is 10.1. The number of ether oxygens (including phenoxy) is 3. The van der Waals surface area contributed by atoms with Gasteiger partial charge in [-0.2, -0.15) is 0 Å². The van der Waals surface area contributed by atoms with Crippen molar-refractivity contribution in [3.05, 3.63) is 91.8 Å². The van der Waals surface area contributed by atoms with E-state index in [1.54, 1.807) is 42.4 Å². The minimum atomic E-state index is -0.460. The summed E-state index contributed by atoms with van der Waals surface area (Å²) in [5.74, 6) is 1.29. The Hall–Kier alpha value is -4.02.